The first-order chi connectivity index (χ1) is 23.0. The summed E-state index contributed by atoms with van der Waals surface area (Å²) in [5.41, 5.74) is -4.48. The SMILES string of the molecule is C[C@H]1[C@H](C)CCC[C@]2(O[C@H]3C[C@@]4(O)C5=CC(=O)[C@@H]6[C@@H](c7ccc(O)c(O)c7)[C@@H](O)[C@@H](OCCCO)C[C@]6(C)[C@H]5CC[C@]4(C)[C@H]3[C@@]2(C)O)[C@H]1O. The highest BCUT2D eigenvalue weighted by molar-refractivity contribution is 5.96. The molecule has 1 saturated heterocycles. The van der Waals surface area contributed by atoms with Crippen LogP contribution in [0.5, 0.6) is 11.5 Å². The van der Waals surface area contributed by atoms with Crippen molar-refractivity contribution in [3.05, 3.63) is 35.4 Å². The van der Waals surface area contributed by atoms with Gasteiger partial charge in [-0.2, -0.15) is 0 Å². The lowest BCUT2D eigenvalue weighted by Gasteiger charge is -2.62. The fourth-order valence-corrected chi connectivity index (χ4v) is 12.4. The zero-order valence-electron chi connectivity index (χ0n) is 29.5. The first-order valence-electron chi connectivity index (χ1n) is 18.5. The van der Waals surface area contributed by atoms with Gasteiger partial charge in [0.15, 0.2) is 17.3 Å². The summed E-state index contributed by atoms with van der Waals surface area (Å²) in [5.74, 6) is -2.83. The second-order valence-electron chi connectivity index (χ2n) is 17.4. The molecule has 0 unspecified atom stereocenters. The largest absolute Gasteiger partial charge is 0.504 e. The first-order valence-corrected chi connectivity index (χ1v) is 18.5. The van der Waals surface area contributed by atoms with E-state index in [2.05, 4.69) is 6.92 Å². The van der Waals surface area contributed by atoms with Crippen molar-refractivity contribution in [3.8, 4) is 11.5 Å². The number of aliphatic hydroxyl groups excluding tert-OH is 3. The summed E-state index contributed by atoms with van der Waals surface area (Å²) >= 11 is 0. The summed E-state index contributed by atoms with van der Waals surface area (Å²) in [6, 6.07) is 4.37. The van der Waals surface area contributed by atoms with E-state index in [0.717, 1.165) is 12.8 Å². The number of rotatable bonds is 5. The number of allylic oxidation sites excluding steroid dienone is 1. The van der Waals surface area contributed by atoms with Gasteiger partial charge in [-0.25, -0.2) is 0 Å². The lowest BCUT2D eigenvalue weighted by molar-refractivity contribution is -0.223. The molecule has 10 heteroatoms. The van der Waals surface area contributed by atoms with Crippen molar-refractivity contribution in [3.63, 3.8) is 0 Å². The number of ether oxygens (including phenoxy) is 2. The van der Waals surface area contributed by atoms with Gasteiger partial charge in [0.1, 0.15) is 5.60 Å². The molecule has 0 bridgehead atoms. The third kappa shape index (κ3) is 4.66. The van der Waals surface area contributed by atoms with Crippen molar-refractivity contribution in [1.29, 1.82) is 0 Å². The summed E-state index contributed by atoms with van der Waals surface area (Å²) in [7, 11) is 0. The zero-order valence-corrected chi connectivity index (χ0v) is 29.5. The quantitative estimate of drug-likeness (QED) is 0.179. The van der Waals surface area contributed by atoms with Crippen LogP contribution in [0.25, 0.3) is 0 Å². The monoisotopic (exact) mass is 684 g/mol. The molecule has 272 valence electrons. The van der Waals surface area contributed by atoms with E-state index in [1.165, 1.54) is 12.1 Å². The number of fused-ring (bicyclic) bond motifs is 7. The molecule has 1 aromatic carbocycles. The summed E-state index contributed by atoms with van der Waals surface area (Å²) in [6.45, 7) is 10.2. The third-order valence-corrected chi connectivity index (χ3v) is 15.1. The number of carbonyl (C=O) groups excluding carboxylic acids is 1. The van der Waals surface area contributed by atoms with E-state index in [-0.39, 0.29) is 54.7 Å². The molecule has 0 amide bonds. The van der Waals surface area contributed by atoms with Crippen molar-refractivity contribution in [2.45, 2.75) is 133 Å². The molecular weight excluding hydrogens is 628 g/mol. The molecule has 7 rings (SSSR count). The minimum atomic E-state index is -1.45. The topological polar surface area (TPSA) is 177 Å². The minimum absolute atomic E-state index is 0.0663. The molecule has 1 heterocycles. The number of benzene rings is 1. The number of phenols is 2. The van der Waals surface area contributed by atoms with Crippen LogP contribution in [0.3, 0.4) is 0 Å². The number of aromatic hydroxyl groups is 2. The number of hydrogen-bond acceptors (Lipinski definition) is 10. The van der Waals surface area contributed by atoms with E-state index in [9.17, 15) is 40.5 Å². The van der Waals surface area contributed by atoms with Crippen LogP contribution in [0.1, 0.15) is 97.5 Å². The van der Waals surface area contributed by atoms with Crippen molar-refractivity contribution in [2.75, 3.05) is 13.2 Å². The van der Waals surface area contributed by atoms with Crippen LogP contribution in [0, 0.1) is 40.4 Å². The highest BCUT2D eigenvalue weighted by atomic mass is 16.6. The number of ketones is 1. The summed E-state index contributed by atoms with van der Waals surface area (Å²) in [5, 5.41) is 79.2. The van der Waals surface area contributed by atoms with Crippen LogP contribution >= 0.6 is 0 Å². The van der Waals surface area contributed by atoms with Crippen LogP contribution < -0.4 is 0 Å². The normalized spacial score (nSPS) is 50.7. The van der Waals surface area contributed by atoms with E-state index in [4.69, 9.17) is 9.47 Å². The Bertz CT molecular complexity index is 1510. The van der Waals surface area contributed by atoms with Gasteiger partial charge in [0.2, 0.25) is 0 Å². The number of hydrogen-bond donors (Lipinski definition) is 7. The van der Waals surface area contributed by atoms with Gasteiger partial charge in [0.05, 0.1) is 35.6 Å². The highest BCUT2D eigenvalue weighted by Gasteiger charge is 2.79. The van der Waals surface area contributed by atoms with Crippen LogP contribution in [0.4, 0.5) is 0 Å². The molecule has 1 aromatic rings. The van der Waals surface area contributed by atoms with E-state index >= 15 is 0 Å². The third-order valence-electron chi connectivity index (χ3n) is 15.1. The van der Waals surface area contributed by atoms with Crippen molar-refractivity contribution in [1.82, 2.24) is 0 Å². The van der Waals surface area contributed by atoms with Crippen molar-refractivity contribution >= 4 is 5.78 Å². The highest BCUT2D eigenvalue weighted by Crippen LogP contribution is 2.73. The van der Waals surface area contributed by atoms with Gasteiger partial charge in [-0.15, -0.1) is 0 Å². The molecule has 5 aliphatic carbocycles. The van der Waals surface area contributed by atoms with Crippen LogP contribution in [-0.2, 0) is 14.3 Å². The molecule has 6 aliphatic rings. The smallest absolute Gasteiger partial charge is 0.160 e. The molecular formula is C39H56O10. The van der Waals surface area contributed by atoms with Gasteiger partial charge in [-0.1, -0.05) is 46.6 Å². The fourth-order valence-electron chi connectivity index (χ4n) is 12.4. The Morgan fingerprint density at radius 2 is 1.73 bits per heavy atom. The lowest BCUT2D eigenvalue weighted by Crippen LogP contribution is -2.67. The van der Waals surface area contributed by atoms with E-state index in [1.54, 1.807) is 19.1 Å². The number of aliphatic hydroxyl groups is 5. The van der Waals surface area contributed by atoms with Crippen molar-refractivity contribution < 1.29 is 50.0 Å². The summed E-state index contributed by atoms with van der Waals surface area (Å²) in [4.78, 5) is 14.5. The Kier molecular flexibility index (Phi) is 8.47. The molecule has 5 fully saturated rings. The summed E-state index contributed by atoms with van der Waals surface area (Å²) in [6.07, 6.45) is 2.86. The average molecular weight is 685 g/mol. The Balaban J connectivity index is 1.29. The molecule has 15 atom stereocenters. The average Bonchev–Trinajstić information content (AvgIpc) is 3.37. The molecule has 4 saturated carbocycles. The molecule has 1 spiro atoms. The Hall–Kier alpha value is -2.05. The number of phenolic OH excluding ortho intramolecular Hbond substituents is 2. The molecule has 49 heavy (non-hydrogen) atoms. The van der Waals surface area contributed by atoms with Gasteiger partial charge in [0, 0.05) is 42.8 Å². The predicted octanol–water partition coefficient (Wildman–Crippen LogP) is 3.72. The standard InChI is InChI=1S/C39H56O10/c1-20-8-6-12-39(34(45)21(20)2)37(5,46)33-29(49-39)19-38(47)24-17-27(43)31-30(22-9-10-25(41)26(42)16-22)32(44)28(48-15-7-14-40)18-35(31,3)23(24)11-13-36(33,38)4/h9-10,16-17,20-21,23,28-34,40-42,44-47H,6-8,11-15,18-19H2,1-5H3/t20-,21+,23+,28+,29+,30-,31-,32+,33+,34+,35-,36-,37-,38-,39+/m1/s1. The molecule has 7 N–H and O–H groups in total. The van der Waals surface area contributed by atoms with E-state index in [1.807, 2.05) is 20.8 Å². The van der Waals surface area contributed by atoms with E-state index in [0.29, 0.717) is 43.2 Å². The van der Waals surface area contributed by atoms with Gasteiger partial charge in [-0.05, 0) is 91.5 Å². The minimum Gasteiger partial charge on any atom is -0.504 e. The zero-order chi connectivity index (χ0) is 35.5. The Morgan fingerprint density at radius 3 is 2.43 bits per heavy atom. The predicted molar refractivity (Wildman–Crippen MR) is 180 cm³/mol. The van der Waals surface area contributed by atoms with Gasteiger partial charge in [0.25, 0.3) is 0 Å². The molecule has 0 aromatic heterocycles. The summed E-state index contributed by atoms with van der Waals surface area (Å²) < 4.78 is 13.1. The maximum Gasteiger partial charge on any atom is 0.160 e. The van der Waals surface area contributed by atoms with Gasteiger partial charge >= 0.3 is 0 Å². The molecule has 10 nitrogen and oxygen atoms in total. The second kappa shape index (κ2) is 11.7. The van der Waals surface area contributed by atoms with E-state index < -0.39 is 69.8 Å². The lowest BCUT2D eigenvalue weighted by atomic mass is 9.43. The first kappa shape index (κ1) is 35.4. The van der Waals surface area contributed by atoms with Crippen LogP contribution in [0.2, 0.25) is 0 Å². The maximum absolute atomic E-state index is 14.5. The maximum atomic E-state index is 14.5. The second-order valence-corrected chi connectivity index (χ2v) is 17.4. The fraction of sp³-hybridized carbons (Fsp3) is 0.769. The Morgan fingerprint density at radius 1 is 1.00 bits per heavy atom. The Labute approximate surface area is 289 Å². The van der Waals surface area contributed by atoms with Gasteiger partial charge < -0.3 is 45.2 Å². The van der Waals surface area contributed by atoms with Crippen LogP contribution in [-0.4, -0.2) is 96.0 Å². The van der Waals surface area contributed by atoms with Gasteiger partial charge in [-0.3, -0.25) is 4.79 Å². The number of carbonyl (C=O) groups is 1. The molecule has 0 radical (unpaired) electrons. The van der Waals surface area contributed by atoms with Crippen molar-refractivity contribution in [2.24, 2.45) is 40.4 Å². The van der Waals surface area contributed by atoms with Crippen LogP contribution in [0.15, 0.2) is 29.8 Å². The molecule has 1 aliphatic heterocycles.